The van der Waals surface area contributed by atoms with Gasteiger partial charge < -0.3 is 4.74 Å². The molecular weight excluding hydrogens is 454 g/mol. The van der Waals surface area contributed by atoms with Crippen molar-refractivity contribution in [3.8, 4) is 0 Å². The van der Waals surface area contributed by atoms with Gasteiger partial charge >= 0.3 is 0 Å². The summed E-state index contributed by atoms with van der Waals surface area (Å²) in [7, 11) is 0. The summed E-state index contributed by atoms with van der Waals surface area (Å²) in [5.74, 6) is -4.08. The van der Waals surface area contributed by atoms with Crippen molar-refractivity contribution in [3.05, 3.63) is 101 Å². The molecule has 0 bridgehead atoms. The second-order valence-electron chi connectivity index (χ2n) is 10.2. The second-order valence-corrected chi connectivity index (χ2v) is 10.2. The summed E-state index contributed by atoms with van der Waals surface area (Å²) in [6.07, 6.45) is -0.908. The molecule has 0 unspecified atom stereocenters. The van der Waals surface area contributed by atoms with Crippen molar-refractivity contribution in [2.75, 3.05) is 4.90 Å². The molecule has 2 aliphatic heterocycles. The van der Waals surface area contributed by atoms with Gasteiger partial charge in [-0.1, -0.05) is 80.1 Å². The number of carbonyl (C=O) groups excluding carboxylic acids is 4. The Bertz CT molecular complexity index is 1400. The van der Waals surface area contributed by atoms with Crippen LogP contribution in [0.2, 0.25) is 0 Å². The van der Waals surface area contributed by atoms with Gasteiger partial charge in [-0.15, -0.1) is 0 Å². The van der Waals surface area contributed by atoms with Crippen LogP contribution < -0.4 is 4.90 Å². The van der Waals surface area contributed by atoms with E-state index in [9.17, 15) is 19.2 Å². The van der Waals surface area contributed by atoms with Crippen molar-refractivity contribution in [3.63, 3.8) is 0 Å². The zero-order valence-corrected chi connectivity index (χ0v) is 20.2. The maximum atomic E-state index is 14.0. The third kappa shape index (κ3) is 2.88. The lowest BCUT2D eigenvalue weighted by Crippen LogP contribution is -2.51. The molecule has 36 heavy (non-hydrogen) atoms. The minimum Gasteiger partial charge on any atom is -0.349 e. The lowest BCUT2D eigenvalue weighted by atomic mass is 9.77. The number of benzene rings is 3. The molecule has 2 saturated heterocycles. The maximum Gasteiger partial charge on any atom is 0.241 e. The zero-order chi connectivity index (χ0) is 25.4. The number of hydrogen-bond acceptors (Lipinski definition) is 5. The zero-order valence-electron chi connectivity index (χ0n) is 20.2. The Morgan fingerprint density at radius 1 is 0.778 bits per heavy atom. The van der Waals surface area contributed by atoms with E-state index in [1.807, 2.05) is 43.3 Å². The molecule has 3 aromatic carbocycles. The molecule has 3 aliphatic rings. The Kier molecular flexibility index (Phi) is 4.89. The summed E-state index contributed by atoms with van der Waals surface area (Å²) in [5, 5.41) is 0. The van der Waals surface area contributed by atoms with Crippen molar-refractivity contribution in [1.82, 2.24) is 0 Å². The van der Waals surface area contributed by atoms with Crippen LogP contribution in [-0.4, -0.2) is 29.0 Å². The summed E-state index contributed by atoms with van der Waals surface area (Å²) in [4.78, 5) is 56.6. The van der Waals surface area contributed by atoms with Crippen LogP contribution in [0.25, 0.3) is 0 Å². The van der Waals surface area contributed by atoms with E-state index >= 15 is 0 Å². The molecule has 1 spiro atoms. The quantitative estimate of drug-likeness (QED) is 0.398. The number of anilines is 1. The van der Waals surface area contributed by atoms with E-state index in [1.165, 1.54) is 0 Å². The van der Waals surface area contributed by atoms with Crippen LogP contribution in [0, 0.1) is 18.8 Å². The Hall–Kier alpha value is -3.90. The molecule has 1 aliphatic carbocycles. The van der Waals surface area contributed by atoms with E-state index in [2.05, 4.69) is 13.8 Å². The molecule has 0 saturated carbocycles. The molecule has 180 valence electrons. The molecule has 2 amide bonds. The molecule has 6 nitrogen and oxygen atoms in total. The number of carbonyl (C=O) groups is 4. The largest absolute Gasteiger partial charge is 0.349 e. The summed E-state index contributed by atoms with van der Waals surface area (Å²) in [5.41, 5.74) is 1.58. The van der Waals surface area contributed by atoms with Crippen LogP contribution in [0.3, 0.4) is 0 Å². The van der Waals surface area contributed by atoms with Gasteiger partial charge in [0.2, 0.25) is 29.0 Å². The Labute approximate surface area is 208 Å². The van der Waals surface area contributed by atoms with E-state index in [4.69, 9.17) is 4.74 Å². The van der Waals surface area contributed by atoms with Crippen LogP contribution in [0.4, 0.5) is 5.69 Å². The first-order valence-electron chi connectivity index (χ1n) is 12.2. The Balaban J connectivity index is 1.51. The fraction of sp³-hybridized carbons (Fsp3) is 0.267. The van der Waals surface area contributed by atoms with Crippen molar-refractivity contribution >= 4 is 29.1 Å². The fourth-order valence-corrected chi connectivity index (χ4v) is 5.84. The summed E-state index contributed by atoms with van der Waals surface area (Å²) in [6, 6.07) is 21.2. The summed E-state index contributed by atoms with van der Waals surface area (Å²) >= 11 is 0. The number of imide groups is 1. The molecule has 0 N–H and O–H groups in total. The highest BCUT2D eigenvalue weighted by Gasteiger charge is 2.74. The molecule has 0 aromatic heterocycles. The first-order valence-corrected chi connectivity index (χ1v) is 12.2. The van der Waals surface area contributed by atoms with Crippen molar-refractivity contribution in [2.24, 2.45) is 11.8 Å². The second kappa shape index (κ2) is 7.80. The number of Topliss-reactive ketones (excluding diaryl/α,β-unsaturated/α-hetero) is 2. The number of rotatable bonds is 3. The van der Waals surface area contributed by atoms with Crippen LogP contribution in [0.5, 0.6) is 0 Å². The number of amides is 2. The van der Waals surface area contributed by atoms with Gasteiger partial charge in [-0.25, -0.2) is 4.90 Å². The standard InChI is InChI=1S/C30H25NO5/c1-16(2)18-12-14-20(15-13-18)31-28(34)23-24(29(31)35)30(36-25(23)19-10-8-17(3)9-11-19)26(32)21-6-4-5-7-22(21)27(30)33/h4-16,23-25H,1-3H3/t23-,24+,25+/m0/s1. The Morgan fingerprint density at radius 2 is 1.36 bits per heavy atom. The lowest BCUT2D eigenvalue weighted by Gasteiger charge is -2.27. The van der Waals surface area contributed by atoms with E-state index in [0.29, 0.717) is 17.2 Å². The third-order valence-electron chi connectivity index (χ3n) is 7.74. The third-order valence-corrected chi connectivity index (χ3v) is 7.74. The highest BCUT2D eigenvalue weighted by Crippen LogP contribution is 2.57. The monoisotopic (exact) mass is 479 g/mol. The molecule has 3 aromatic rings. The summed E-state index contributed by atoms with van der Waals surface area (Å²) < 4.78 is 6.32. The van der Waals surface area contributed by atoms with Gasteiger partial charge in [-0.05, 0) is 36.1 Å². The first kappa shape index (κ1) is 22.6. The highest BCUT2D eigenvalue weighted by atomic mass is 16.5. The molecular formula is C30H25NO5. The maximum absolute atomic E-state index is 14.0. The van der Waals surface area contributed by atoms with Crippen LogP contribution in [0.15, 0.2) is 72.8 Å². The number of aryl methyl sites for hydroxylation is 1. The molecule has 6 rings (SSSR count). The van der Waals surface area contributed by atoms with Gasteiger partial charge in [0.25, 0.3) is 0 Å². The number of ether oxygens (including phenoxy) is 1. The highest BCUT2D eigenvalue weighted by molar-refractivity contribution is 6.37. The number of hydrogen-bond donors (Lipinski definition) is 0. The molecule has 2 heterocycles. The van der Waals surface area contributed by atoms with Crippen LogP contribution in [-0.2, 0) is 14.3 Å². The van der Waals surface area contributed by atoms with Gasteiger partial charge in [-0.2, -0.15) is 0 Å². The first-order chi connectivity index (χ1) is 17.3. The molecule has 6 heteroatoms. The predicted octanol–water partition coefficient (Wildman–Crippen LogP) is 4.81. The molecule has 2 fully saturated rings. The van der Waals surface area contributed by atoms with E-state index < -0.39 is 46.9 Å². The predicted molar refractivity (Wildman–Crippen MR) is 133 cm³/mol. The van der Waals surface area contributed by atoms with E-state index in [1.54, 1.807) is 36.4 Å². The van der Waals surface area contributed by atoms with Crippen molar-refractivity contribution in [2.45, 2.75) is 38.4 Å². The lowest BCUT2D eigenvalue weighted by molar-refractivity contribution is -0.127. The SMILES string of the molecule is Cc1ccc([C@H]2OC3(C(=O)c4ccccc4C3=O)[C@H]3C(=O)N(c4ccc(C(C)C)cc4)C(=O)[C@H]23)cc1. The van der Waals surface area contributed by atoms with Crippen LogP contribution >= 0.6 is 0 Å². The Morgan fingerprint density at radius 3 is 1.92 bits per heavy atom. The number of ketones is 2. The smallest absolute Gasteiger partial charge is 0.241 e. The van der Waals surface area contributed by atoms with E-state index in [0.717, 1.165) is 16.0 Å². The normalized spacial score (nSPS) is 24.2. The van der Waals surface area contributed by atoms with Gasteiger partial charge in [-0.3, -0.25) is 19.2 Å². The average Bonchev–Trinajstić information content (AvgIpc) is 3.44. The van der Waals surface area contributed by atoms with Gasteiger partial charge in [0.05, 0.1) is 23.6 Å². The average molecular weight is 480 g/mol. The van der Waals surface area contributed by atoms with Gasteiger partial charge in [0.15, 0.2) is 0 Å². The number of fused-ring (bicyclic) bond motifs is 3. The number of nitrogens with zero attached hydrogens (tertiary/aromatic N) is 1. The summed E-state index contributed by atoms with van der Waals surface area (Å²) in [6.45, 7) is 6.07. The minimum atomic E-state index is -2.05. The molecule has 3 atom stereocenters. The topological polar surface area (TPSA) is 80.8 Å². The van der Waals surface area contributed by atoms with Gasteiger partial charge in [0.1, 0.15) is 0 Å². The molecule has 0 radical (unpaired) electrons. The van der Waals surface area contributed by atoms with Crippen LogP contribution in [0.1, 0.15) is 63.3 Å². The van der Waals surface area contributed by atoms with Gasteiger partial charge in [0, 0.05) is 11.1 Å². The fourth-order valence-electron chi connectivity index (χ4n) is 5.84. The van der Waals surface area contributed by atoms with Crippen molar-refractivity contribution < 1.29 is 23.9 Å². The minimum absolute atomic E-state index is 0.228. The van der Waals surface area contributed by atoms with E-state index in [-0.39, 0.29) is 11.1 Å². The van der Waals surface area contributed by atoms with Crippen molar-refractivity contribution in [1.29, 1.82) is 0 Å².